The predicted molar refractivity (Wildman–Crippen MR) is 68.6 cm³/mol. The maximum Gasteiger partial charge on any atom is 0.338 e. The Morgan fingerprint density at radius 2 is 2.24 bits per heavy atom. The maximum absolute atomic E-state index is 11.2. The van der Waals surface area contributed by atoms with Gasteiger partial charge in [0.15, 0.2) is 0 Å². The largest absolute Gasteiger partial charge is 0.478 e. The van der Waals surface area contributed by atoms with Gasteiger partial charge in [0.05, 0.1) is 5.56 Å². The van der Waals surface area contributed by atoms with Crippen LogP contribution in [0.1, 0.15) is 41.6 Å². The van der Waals surface area contributed by atoms with Crippen LogP contribution in [0.25, 0.3) is 0 Å². The summed E-state index contributed by atoms with van der Waals surface area (Å²) in [7, 11) is 0. The van der Waals surface area contributed by atoms with Crippen LogP contribution in [0.4, 0.5) is 0 Å². The Morgan fingerprint density at radius 1 is 1.53 bits per heavy atom. The van der Waals surface area contributed by atoms with Gasteiger partial charge in [-0.3, -0.25) is 0 Å². The highest BCUT2D eigenvalue weighted by molar-refractivity contribution is 7.99. The van der Waals surface area contributed by atoms with Gasteiger partial charge in [-0.2, -0.15) is 0 Å². The van der Waals surface area contributed by atoms with Crippen molar-refractivity contribution in [3.05, 3.63) is 23.4 Å². The van der Waals surface area contributed by atoms with Crippen molar-refractivity contribution in [1.29, 1.82) is 0 Å². The van der Waals surface area contributed by atoms with Crippen molar-refractivity contribution in [2.75, 3.05) is 5.75 Å². The zero-order valence-electron chi connectivity index (χ0n) is 9.98. The van der Waals surface area contributed by atoms with E-state index in [-0.39, 0.29) is 0 Å². The molecule has 1 aliphatic rings. The number of carbonyl (C=O) groups is 1. The molecule has 0 aliphatic heterocycles. The lowest BCUT2D eigenvalue weighted by Gasteiger charge is -2.10. The lowest BCUT2D eigenvalue weighted by atomic mass is 10.1. The molecule has 1 fully saturated rings. The number of aromatic nitrogens is 1. The van der Waals surface area contributed by atoms with E-state index in [1.165, 1.54) is 25.7 Å². The van der Waals surface area contributed by atoms with Gasteiger partial charge in [0.25, 0.3) is 0 Å². The lowest BCUT2D eigenvalue weighted by molar-refractivity contribution is 0.0691. The fourth-order valence-electron chi connectivity index (χ4n) is 2.28. The molecule has 0 bridgehead atoms. The second-order valence-electron chi connectivity index (χ2n) is 4.57. The number of rotatable bonds is 4. The van der Waals surface area contributed by atoms with Gasteiger partial charge in [0.1, 0.15) is 5.03 Å². The molecule has 3 nitrogen and oxygen atoms in total. The third-order valence-electron chi connectivity index (χ3n) is 3.27. The van der Waals surface area contributed by atoms with Gasteiger partial charge in [-0.1, -0.05) is 12.8 Å². The normalized spacial score (nSPS) is 16.3. The van der Waals surface area contributed by atoms with Gasteiger partial charge in [0, 0.05) is 11.9 Å². The van der Waals surface area contributed by atoms with E-state index < -0.39 is 5.97 Å². The highest BCUT2D eigenvalue weighted by Gasteiger charge is 2.19. The molecule has 4 heteroatoms. The Hall–Kier alpha value is -1.03. The molecule has 0 spiro atoms. The molecule has 1 aliphatic carbocycles. The summed E-state index contributed by atoms with van der Waals surface area (Å²) in [5, 5.41) is 9.86. The Kier molecular flexibility index (Phi) is 4.05. The van der Waals surface area contributed by atoms with Crippen molar-refractivity contribution < 1.29 is 9.90 Å². The summed E-state index contributed by atoms with van der Waals surface area (Å²) in [5.74, 6) is 0.866. The van der Waals surface area contributed by atoms with E-state index in [2.05, 4.69) is 4.98 Å². The number of nitrogens with zero attached hydrogens (tertiary/aromatic N) is 1. The summed E-state index contributed by atoms with van der Waals surface area (Å²) in [6, 6.07) is 1.75. The Balaban J connectivity index is 2.09. The van der Waals surface area contributed by atoms with Gasteiger partial charge in [0.2, 0.25) is 0 Å². The molecule has 2 rings (SSSR count). The molecule has 1 N–H and O–H groups in total. The minimum absolute atomic E-state index is 0.371. The van der Waals surface area contributed by atoms with Crippen LogP contribution in [-0.2, 0) is 0 Å². The van der Waals surface area contributed by atoms with Crippen molar-refractivity contribution in [1.82, 2.24) is 4.98 Å². The molecule has 1 aromatic rings. The van der Waals surface area contributed by atoms with Crippen LogP contribution in [0.2, 0.25) is 0 Å². The van der Waals surface area contributed by atoms with Crippen LogP contribution in [0, 0.1) is 12.8 Å². The third kappa shape index (κ3) is 3.00. The minimum atomic E-state index is -0.871. The van der Waals surface area contributed by atoms with E-state index in [0.29, 0.717) is 10.6 Å². The lowest BCUT2D eigenvalue weighted by Crippen LogP contribution is -2.05. The van der Waals surface area contributed by atoms with Crippen LogP contribution >= 0.6 is 11.8 Å². The van der Waals surface area contributed by atoms with Crippen LogP contribution in [0.5, 0.6) is 0 Å². The highest BCUT2D eigenvalue weighted by Crippen LogP contribution is 2.32. The highest BCUT2D eigenvalue weighted by atomic mass is 32.2. The van der Waals surface area contributed by atoms with Crippen LogP contribution in [0.15, 0.2) is 17.3 Å². The molecule has 0 aromatic carbocycles. The summed E-state index contributed by atoms with van der Waals surface area (Å²) < 4.78 is 0. The van der Waals surface area contributed by atoms with Crippen LogP contribution < -0.4 is 0 Å². The van der Waals surface area contributed by atoms with E-state index in [1.807, 2.05) is 6.92 Å². The summed E-state index contributed by atoms with van der Waals surface area (Å²) in [4.78, 5) is 15.4. The van der Waals surface area contributed by atoms with Crippen molar-refractivity contribution in [2.45, 2.75) is 37.6 Å². The van der Waals surface area contributed by atoms with E-state index in [1.54, 1.807) is 24.0 Å². The Labute approximate surface area is 106 Å². The second-order valence-corrected chi connectivity index (χ2v) is 5.58. The van der Waals surface area contributed by atoms with Gasteiger partial charge >= 0.3 is 5.97 Å². The maximum atomic E-state index is 11.2. The first-order valence-corrected chi connectivity index (χ1v) is 6.98. The zero-order chi connectivity index (χ0) is 12.3. The van der Waals surface area contributed by atoms with Crippen molar-refractivity contribution in [2.24, 2.45) is 5.92 Å². The number of carboxylic acids is 1. The summed E-state index contributed by atoms with van der Waals surface area (Å²) in [6.07, 6.45) is 6.89. The molecular weight excluding hydrogens is 234 g/mol. The SMILES string of the molecule is Cc1ccnc(SCC2CCCC2)c1C(=O)O. The zero-order valence-corrected chi connectivity index (χ0v) is 10.8. The first-order valence-electron chi connectivity index (χ1n) is 6.00. The second kappa shape index (κ2) is 5.54. The standard InChI is InChI=1S/C13H17NO2S/c1-9-6-7-14-12(11(9)13(15)16)17-8-10-4-2-3-5-10/h6-7,10H,2-5,8H2,1H3,(H,15,16). The van der Waals surface area contributed by atoms with Crippen molar-refractivity contribution in [3.8, 4) is 0 Å². The molecule has 0 radical (unpaired) electrons. The average Bonchev–Trinajstić information content (AvgIpc) is 2.78. The smallest absolute Gasteiger partial charge is 0.338 e. The molecule has 0 amide bonds. The molecule has 17 heavy (non-hydrogen) atoms. The van der Waals surface area contributed by atoms with Gasteiger partial charge in [-0.05, 0) is 37.3 Å². The molecule has 1 aromatic heterocycles. The molecule has 0 unspecified atom stereocenters. The van der Waals surface area contributed by atoms with Crippen molar-refractivity contribution in [3.63, 3.8) is 0 Å². The van der Waals surface area contributed by atoms with Gasteiger partial charge in [-0.25, -0.2) is 9.78 Å². The van der Waals surface area contributed by atoms with Crippen molar-refractivity contribution >= 4 is 17.7 Å². The Morgan fingerprint density at radius 3 is 2.88 bits per heavy atom. The van der Waals surface area contributed by atoms with E-state index in [0.717, 1.165) is 17.2 Å². The first-order chi connectivity index (χ1) is 8.18. The molecule has 92 valence electrons. The van der Waals surface area contributed by atoms with Crippen LogP contribution in [0.3, 0.4) is 0 Å². The number of thioether (sulfide) groups is 1. The number of aromatic carboxylic acids is 1. The number of hydrogen-bond acceptors (Lipinski definition) is 3. The molecule has 0 saturated heterocycles. The first kappa shape index (κ1) is 12.4. The summed E-state index contributed by atoms with van der Waals surface area (Å²) >= 11 is 1.59. The molecule has 1 saturated carbocycles. The number of aryl methyl sites for hydroxylation is 1. The van der Waals surface area contributed by atoms with Gasteiger partial charge in [-0.15, -0.1) is 11.8 Å². The Bertz CT molecular complexity index is 414. The van der Waals surface area contributed by atoms with E-state index in [9.17, 15) is 9.90 Å². The predicted octanol–water partition coefficient (Wildman–Crippen LogP) is 3.37. The molecule has 1 heterocycles. The minimum Gasteiger partial charge on any atom is -0.478 e. The topological polar surface area (TPSA) is 50.2 Å². The van der Waals surface area contributed by atoms with Gasteiger partial charge < -0.3 is 5.11 Å². The molecule has 0 atom stereocenters. The fraction of sp³-hybridized carbons (Fsp3) is 0.538. The molecular formula is C13H17NO2S. The quantitative estimate of drug-likeness (QED) is 0.833. The number of hydrogen-bond donors (Lipinski definition) is 1. The summed E-state index contributed by atoms with van der Waals surface area (Å²) in [5.41, 5.74) is 1.16. The fourth-order valence-corrected chi connectivity index (χ4v) is 3.53. The van der Waals surface area contributed by atoms with E-state index >= 15 is 0 Å². The summed E-state index contributed by atoms with van der Waals surface area (Å²) in [6.45, 7) is 1.82. The monoisotopic (exact) mass is 251 g/mol. The number of carboxylic acid groups (broad SMARTS) is 1. The number of pyridine rings is 1. The van der Waals surface area contributed by atoms with E-state index in [4.69, 9.17) is 0 Å². The van der Waals surface area contributed by atoms with Crippen LogP contribution in [-0.4, -0.2) is 21.8 Å². The average molecular weight is 251 g/mol. The third-order valence-corrected chi connectivity index (χ3v) is 4.49.